The predicted octanol–water partition coefficient (Wildman–Crippen LogP) is 3.48. The van der Waals surface area contributed by atoms with Gasteiger partial charge in [-0.2, -0.15) is 0 Å². The molecule has 2 heterocycles. The second-order valence-corrected chi connectivity index (χ2v) is 8.82. The van der Waals surface area contributed by atoms with E-state index in [2.05, 4.69) is 31.8 Å². The number of aromatic nitrogens is 1. The van der Waals surface area contributed by atoms with E-state index < -0.39 is 0 Å². The zero-order valence-electron chi connectivity index (χ0n) is 18.8. The number of hydrogen-bond acceptors (Lipinski definition) is 4. The van der Waals surface area contributed by atoms with Crippen LogP contribution >= 0.6 is 0 Å². The first kappa shape index (κ1) is 21.8. The van der Waals surface area contributed by atoms with Crippen LogP contribution in [0.15, 0.2) is 48.8 Å². The first-order valence-corrected chi connectivity index (χ1v) is 11.7. The molecule has 0 atom stereocenters. The fourth-order valence-corrected chi connectivity index (χ4v) is 5.05. The Balaban J connectivity index is 1.20. The molecule has 0 unspecified atom stereocenters. The van der Waals surface area contributed by atoms with Crippen LogP contribution in [0.25, 0.3) is 0 Å². The molecule has 31 heavy (non-hydrogen) atoms. The van der Waals surface area contributed by atoms with E-state index in [1.54, 1.807) is 7.11 Å². The van der Waals surface area contributed by atoms with E-state index in [0.29, 0.717) is 0 Å². The number of anilines is 1. The minimum Gasteiger partial charge on any atom is -0.497 e. The van der Waals surface area contributed by atoms with Gasteiger partial charge in [0.1, 0.15) is 11.3 Å². The second kappa shape index (κ2) is 10.2. The van der Waals surface area contributed by atoms with E-state index in [0.717, 1.165) is 77.1 Å². The van der Waals surface area contributed by atoms with Crippen molar-refractivity contribution in [2.75, 3.05) is 51.3 Å². The molecule has 0 bridgehead atoms. The Morgan fingerprint density at radius 3 is 2.32 bits per heavy atom. The summed E-state index contributed by atoms with van der Waals surface area (Å²) in [5.41, 5.74) is 0.877. The number of nitrogens with one attached hydrogen (secondary N) is 1. The van der Waals surface area contributed by atoms with Crippen LogP contribution in [0.5, 0.6) is 5.75 Å². The number of methoxy groups -OCH3 is 1. The van der Waals surface area contributed by atoms with Crippen LogP contribution in [-0.2, 0) is 10.3 Å². The van der Waals surface area contributed by atoms with Gasteiger partial charge in [-0.25, -0.2) is 0 Å². The maximum Gasteiger partial charge on any atom is 0.246 e. The summed E-state index contributed by atoms with van der Waals surface area (Å²) in [6.45, 7) is 5.99. The third kappa shape index (κ3) is 5.06. The summed E-state index contributed by atoms with van der Waals surface area (Å²) in [4.78, 5) is 18.1. The molecule has 1 aromatic heterocycles. The lowest BCUT2D eigenvalue weighted by atomic mass is 9.80. The molecule has 4 rings (SSSR count). The first-order chi connectivity index (χ1) is 15.2. The van der Waals surface area contributed by atoms with Crippen LogP contribution < -0.4 is 15.0 Å². The zero-order valence-corrected chi connectivity index (χ0v) is 18.8. The van der Waals surface area contributed by atoms with Gasteiger partial charge in [0.2, 0.25) is 5.91 Å². The van der Waals surface area contributed by atoms with Crippen LogP contribution in [0, 0.1) is 0 Å². The molecular formula is C25H36N4O2. The second-order valence-electron chi connectivity index (χ2n) is 8.82. The summed E-state index contributed by atoms with van der Waals surface area (Å²) >= 11 is 0. The van der Waals surface area contributed by atoms with Crippen molar-refractivity contribution >= 4 is 11.6 Å². The maximum atomic E-state index is 13.2. The molecule has 2 aliphatic rings. The average molecular weight is 425 g/mol. The molecular weight excluding hydrogens is 388 g/mol. The van der Waals surface area contributed by atoms with Gasteiger partial charge in [-0.1, -0.05) is 19.3 Å². The molecule has 1 aliphatic carbocycles. The Bertz CT molecular complexity index is 805. The quantitative estimate of drug-likeness (QED) is 0.659. The van der Waals surface area contributed by atoms with Gasteiger partial charge in [-0.3, -0.25) is 9.69 Å². The number of rotatable bonds is 8. The lowest BCUT2D eigenvalue weighted by Gasteiger charge is -2.38. The molecule has 6 heteroatoms. The number of piperazine rings is 1. The van der Waals surface area contributed by atoms with Gasteiger partial charge >= 0.3 is 0 Å². The Hall–Kier alpha value is -2.47. The molecule has 0 spiro atoms. The number of carbonyl (C=O) groups excluding carboxylic acids is 1. The van der Waals surface area contributed by atoms with Gasteiger partial charge in [0, 0.05) is 50.8 Å². The summed E-state index contributed by atoms with van der Waals surface area (Å²) in [5.74, 6) is 1.10. The molecule has 1 aliphatic heterocycles. The van der Waals surface area contributed by atoms with Gasteiger partial charge < -0.3 is 19.5 Å². The monoisotopic (exact) mass is 424 g/mol. The van der Waals surface area contributed by atoms with Gasteiger partial charge in [-0.15, -0.1) is 0 Å². The van der Waals surface area contributed by atoms with Crippen LogP contribution in [0.2, 0.25) is 0 Å². The lowest BCUT2D eigenvalue weighted by Crippen LogP contribution is -2.50. The van der Waals surface area contributed by atoms with E-state index >= 15 is 0 Å². The molecule has 1 aromatic carbocycles. The van der Waals surface area contributed by atoms with Crippen LogP contribution in [0.4, 0.5) is 5.69 Å². The fourth-order valence-electron chi connectivity index (χ4n) is 5.05. The fraction of sp³-hybridized carbons (Fsp3) is 0.560. The molecule has 168 valence electrons. The number of hydrogen-bond donors (Lipinski definition) is 1. The molecule has 2 fully saturated rings. The minimum atomic E-state index is -0.383. The summed E-state index contributed by atoms with van der Waals surface area (Å²) < 4.78 is 7.39. The van der Waals surface area contributed by atoms with Crippen molar-refractivity contribution in [2.24, 2.45) is 0 Å². The predicted molar refractivity (Wildman–Crippen MR) is 125 cm³/mol. The van der Waals surface area contributed by atoms with Crippen molar-refractivity contribution in [3.63, 3.8) is 0 Å². The number of benzene rings is 1. The average Bonchev–Trinajstić information content (AvgIpc) is 3.38. The summed E-state index contributed by atoms with van der Waals surface area (Å²) in [7, 11) is 1.70. The summed E-state index contributed by atoms with van der Waals surface area (Å²) in [6, 6.07) is 12.4. The molecule has 1 N–H and O–H groups in total. The molecule has 1 saturated heterocycles. The topological polar surface area (TPSA) is 49.7 Å². The van der Waals surface area contributed by atoms with E-state index in [1.165, 1.54) is 12.1 Å². The number of ether oxygens (including phenoxy) is 1. The molecule has 1 amide bonds. The van der Waals surface area contributed by atoms with E-state index in [1.807, 2.05) is 36.7 Å². The van der Waals surface area contributed by atoms with Gasteiger partial charge in [0.25, 0.3) is 0 Å². The van der Waals surface area contributed by atoms with Crippen molar-refractivity contribution in [3.8, 4) is 5.75 Å². The number of nitrogens with zero attached hydrogens (tertiary/aromatic N) is 3. The van der Waals surface area contributed by atoms with Crippen LogP contribution in [0.1, 0.15) is 38.5 Å². The van der Waals surface area contributed by atoms with Crippen LogP contribution in [-0.4, -0.2) is 61.8 Å². The van der Waals surface area contributed by atoms with Crippen molar-refractivity contribution in [3.05, 3.63) is 48.8 Å². The van der Waals surface area contributed by atoms with Crippen molar-refractivity contribution in [1.82, 2.24) is 14.8 Å². The SMILES string of the molecule is COc1ccc(N2CCN(CCCNC(=O)C3(n4cccc4)CCCCC3)CC2)cc1. The number of amides is 1. The number of carbonyl (C=O) groups is 1. The highest BCUT2D eigenvalue weighted by atomic mass is 16.5. The summed E-state index contributed by atoms with van der Waals surface area (Å²) in [5, 5.41) is 3.26. The van der Waals surface area contributed by atoms with E-state index in [9.17, 15) is 4.79 Å². The highest BCUT2D eigenvalue weighted by Crippen LogP contribution is 2.35. The van der Waals surface area contributed by atoms with E-state index in [-0.39, 0.29) is 11.4 Å². The third-order valence-electron chi connectivity index (χ3n) is 6.95. The normalized spacial score (nSPS) is 19.2. The van der Waals surface area contributed by atoms with Crippen molar-refractivity contribution in [2.45, 2.75) is 44.1 Å². The molecule has 6 nitrogen and oxygen atoms in total. The lowest BCUT2D eigenvalue weighted by molar-refractivity contribution is -0.131. The standard InChI is InChI=1S/C25H36N4O2/c1-31-23-10-8-22(9-11-23)28-20-18-27(19-21-28)15-7-14-26-24(30)25(12-3-2-4-13-25)29-16-5-6-17-29/h5-6,8-11,16-17H,2-4,7,12-15,18-21H2,1H3,(H,26,30). The molecule has 2 aromatic rings. The maximum absolute atomic E-state index is 13.2. The Morgan fingerprint density at radius 2 is 1.68 bits per heavy atom. The smallest absolute Gasteiger partial charge is 0.246 e. The van der Waals surface area contributed by atoms with Crippen LogP contribution in [0.3, 0.4) is 0 Å². The largest absolute Gasteiger partial charge is 0.497 e. The van der Waals surface area contributed by atoms with Crippen molar-refractivity contribution in [1.29, 1.82) is 0 Å². The van der Waals surface area contributed by atoms with Crippen molar-refractivity contribution < 1.29 is 9.53 Å². The van der Waals surface area contributed by atoms with Gasteiger partial charge in [0.05, 0.1) is 7.11 Å². The Labute approximate surface area is 186 Å². The molecule has 1 saturated carbocycles. The summed E-state index contributed by atoms with van der Waals surface area (Å²) in [6.07, 6.45) is 10.5. The first-order valence-electron chi connectivity index (χ1n) is 11.7. The highest BCUT2D eigenvalue weighted by Gasteiger charge is 2.40. The third-order valence-corrected chi connectivity index (χ3v) is 6.95. The Kier molecular flexibility index (Phi) is 7.17. The van der Waals surface area contributed by atoms with Gasteiger partial charge in [0.15, 0.2) is 0 Å². The van der Waals surface area contributed by atoms with Gasteiger partial charge in [-0.05, 0) is 62.2 Å². The van der Waals surface area contributed by atoms with E-state index in [4.69, 9.17) is 4.74 Å². The minimum absolute atomic E-state index is 0.202. The molecule has 0 radical (unpaired) electrons. The zero-order chi connectivity index (χ0) is 21.5. The Morgan fingerprint density at radius 1 is 1.00 bits per heavy atom. The highest BCUT2D eigenvalue weighted by molar-refractivity contribution is 5.84.